The topological polar surface area (TPSA) is 100 Å². The van der Waals surface area contributed by atoms with Gasteiger partial charge in [-0.05, 0) is 5.56 Å². The molecule has 28 heavy (non-hydrogen) atoms. The third-order valence-corrected chi connectivity index (χ3v) is 6.78. The highest BCUT2D eigenvalue weighted by Crippen LogP contribution is 2.28. The lowest BCUT2D eigenvalue weighted by Crippen LogP contribution is -2.27. The zero-order chi connectivity index (χ0) is 19.3. The molecule has 0 aliphatic carbocycles. The van der Waals surface area contributed by atoms with E-state index in [-0.39, 0.29) is 18.4 Å². The van der Waals surface area contributed by atoms with Gasteiger partial charge in [-0.3, -0.25) is 9.69 Å². The van der Waals surface area contributed by atoms with Gasteiger partial charge >= 0.3 is 6.03 Å². The number of thioether (sulfide) groups is 1. The van der Waals surface area contributed by atoms with Crippen molar-refractivity contribution in [3.05, 3.63) is 47.0 Å². The summed E-state index contributed by atoms with van der Waals surface area (Å²) in [5.74, 6) is 0.591. The van der Waals surface area contributed by atoms with Gasteiger partial charge in [-0.25, -0.2) is 9.78 Å². The Bertz CT molecular complexity index is 974. The summed E-state index contributed by atoms with van der Waals surface area (Å²) >= 11 is 4.28. The van der Waals surface area contributed by atoms with E-state index in [1.54, 1.807) is 22.0 Å². The molecule has 4 rings (SSSR count). The van der Waals surface area contributed by atoms with Crippen LogP contribution < -0.4 is 15.5 Å². The van der Waals surface area contributed by atoms with Crippen molar-refractivity contribution in [1.82, 2.24) is 20.5 Å². The zero-order valence-electron chi connectivity index (χ0n) is 14.6. The molecule has 0 unspecified atom stereocenters. The van der Waals surface area contributed by atoms with Gasteiger partial charge in [0.15, 0.2) is 9.47 Å². The number of aromatic nitrogens is 3. The molecule has 8 nitrogen and oxygen atoms in total. The number of nitrogens with zero attached hydrogens (tertiary/aromatic N) is 4. The number of urea groups is 1. The van der Waals surface area contributed by atoms with Crippen molar-refractivity contribution >= 4 is 56.6 Å². The van der Waals surface area contributed by atoms with Crippen molar-refractivity contribution in [2.45, 2.75) is 16.5 Å². The molecule has 1 aliphatic rings. The molecule has 1 aromatic carbocycles. The number of benzene rings is 1. The SMILES string of the molecule is O=C(Cc1csc(N2CCNC2=O)n1)Nc1nnc(SCc2ccccc2)s1. The van der Waals surface area contributed by atoms with Crippen LogP contribution in [-0.2, 0) is 17.0 Å². The summed E-state index contributed by atoms with van der Waals surface area (Å²) in [6.07, 6.45) is 0.123. The largest absolute Gasteiger partial charge is 0.336 e. The van der Waals surface area contributed by atoms with Gasteiger partial charge < -0.3 is 10.6 Å². The summed E-state index contributed by atoms with van der Waals surface area (Å²) in [4.78, 5) is 29.9. The highest BCUT2D eigenvalue weighted by Gasteiger charge is 2.24. The van der Waals surface area contributed by atoms with Gasteiger partial charge in [-0.15, -0.1) is 21.5 Å². The number of rotatable bonds is 7. The Morgan fingerprint density at radius 3 is 2.93 bits per heavy atom. The van der Waals surface area contributed by atoms with Gasteiger partial charge in [0.05, 0.1) is 12.1 Å². The number of hydrogen-bond acceptors (Lipinski definition) is 8. The van der Waals surface area contributed by atoms with E-state index in [9.17, 15) is 9.59 Å². The quantitative estimate of drug-likeness (QED) is 0.440. The Labute approximate surface area is 173 Å². The second-order valence-electron chi connectivity index (χ2n) is 5.88. The van der Waals surface area contributed by atoms with Crippen LogP contribution in [0.25, 0.3) is 0 Å². The molecule has 0 bridgehead atoms. The Hall–Kier alpha value is -2.50. The molecule has 2 aromatic heterocycles. The maximum Gasteiger partial charge on any atom is 0.323 e. The molecule has 0 atom stereocenters. The highest BCUT2D eigenvalue weighted by atomic mass is 32.2. The molecule has 1 aliphatic heterocycles. The summed E-state index contributed by atoms with van der Waals surface area (Å²) in [6.45, 7) is 1.20. The zero-order valence-corrected chi connectivity index (χ0v) is 17.1. The average molecular weight is 433 g/mol. The van der Waals surface area contributed by atoms with E-state index in [1.165, 1.54) is 28.2 Å². The molecule has 3 aromatic rings. The number of carbonyl (C=O) groups excluding carboxylic acids is 2. The standard InChI is InChI=1S/C17H16N6O2S3/c24-13(8-12-10-26-16(19-12)23-7-6-18-15(23)25)20-14-21-22-17(28-14)27-9-11-4-2-1-3-5-11/h1-5,10H,6-9H2,(H,18,25)(H,20,21,24). The van der Waals surface area contributed by atoms with E-state index in [4.69, 9.17) is 0 Å². The molecule has 144 valence electrons. The van der Waals surface area contributed by atoms with E-state index in [0.717, 1.165) is 10.1 Å². The molecule has 2 N–H and O–H groups in total. The fourth-order valence-electron chi connectivity index (χ4n) is 2.52. The van der Waals surface area contributed by atoms with Crippen LogP contribution in [0.4, 0.5) is 15.1 Å². The van der Waals surface area contributed by atoms with Crippen molar-refractivity contribution in [3.8, 4) is 0 Å². The van der Waals surface area contributed by atoms with Gasteiger partial charge in [0.25, 0.3) is 0 Å². The van der Waals surface area contributed by atoms with E-state index >= 15 is 0 Å². The van der Waals surface area contributed by atoms with E-state index in [2.05, 4.69) is 37.9 Å². The van der Waals surface area contributed by atoms with Crippen molar-refractivity contribution in [2.75, 3.05) is 23.3 Å². The summed E-state index contributed by atoms with van der Waals surface area (Å²) in [5, 5.41) is 16.5. The second-order valence-corrected chi connectivity index (χ2v) is 8.91. The smallest absolute Gasteiger partial charge is 0.323 e. The molecule has 0 radical (unpaired) electrons. The summed E-state index contributed by atoms with van der Waals surface area (Å²) in [7, 11) is 0. The molecule has 1 fully saturated rings. The van der Waals surface area contributed by atoms with E-state index in [1.807, 2.05) is 18.2 Å². The Morgan fingerprint density at radius 1 is 1.29 bits per heavy atom. The highest BCUT2D eigenvalue weighted by molar-refractivity contribution is 8.00. The minimum absolute atomic E-state index is 0.123. The fourth-order valence-corrected chi connectivity index (χ4v) is 5.09. The summed E-state index contributed by atoms with van der Waals surface area (Å²) in [6, 6.07) is 9.95. The van der Waals surface area contributed by atoms with Gasteiger partial charge in [0.1, 0.15) is 0 Å². The summed E-state index contributed by atoms with van der Waals surface area (Å²) < 4.78 is 0.801. The maximum atomic E-state index is 12.3. The molecule has 3 heterocycles. The van der Waals surface area contributed by atoms with E-state index in [0.29, 0.717) is 29.0 Å². The van der Waals surface area contributed by atoms with Crippen LogP contribution in [0.1, 0.15) is 11.3 Å². The van der Waals surface area contributed by atoms with Crippen LogP contribution in [0.5, 0.6) is 0 Å². The van der Waals surface area contributed by atoms with Crippen LogP contribution in [-0.4, -0.2) is 40.2 Å². The Kier molecular flexibility index (Phi) is 5.84. The van der Waals surface area contributed by atoms with Crippen molar-refractivity contribution in [2.24, 2.45) is 0 Å². The van der Waals surface area contributed by atoms with Crippen LogP contribution in [0.3, 0.4) is 0 Å². The van der Waals surface area contributed by atoms with Crippen LogP contribution in [0.15, 0.2) is 40.1 Å². The third kappa shape index (κ3) is 4.66. The minimum atomic E-state index is -0.210. The van der Waals surface area contributed by atoms with Gasteiger partial charge in [-0.1, -0.05) is 53.4 Å². The number of amides is 3. The minimum Gasteiger partial charge on any atom is -0.336 e. The maximum absolute atomic E-state index is 12.3. The summed E-state index contributed by atoms with van der Waals surface area (Å²) in [5.41, 5.74) is 1.83. The predicted octanol–water partition coefficient (Wildman–Crippen LogP) is 3.00. The first kappa shape index (κ1) is 18.8. The van der Waals surface area contributed by atoms with Crippen LogP contribution in [0, 0.1) is 0 Å². The molecule has 0 saturated carbocycles. The number of carbonyl (C=O) groups is 2. The Morgan fingerprint density at radius 2 is 2.14 bits per heavy atom. The first-order chi connectivity index (χ1) is 13.7. The van der Waals surface area contributed by atoms with Crippen molar-refractivity contribution in [3.63, 3.8) is 0 Å². The number of thiazole rings is 1. The lowest BCUT2D eigenvalue weighted by Gasteiger charge is -2.08. The third-order valence-electron chi connectivity index (χ3n) is 3.83. The first-order valence-electron chi connectivity index (χ1n) is 8.47. The molecule has 0 spiro atoms. The Balaban J connectivity index is 1.29. The van der Waals surface area contributed by atoms with E-state index < -0.39 is 0 Å². The van der Waals surface area contributed by atoms with Crippen molar-refractivity contribution in [1.29, 1.82) is 0 Å². The monoisotopic (exact) mass is 432 g/mol. The first-order valence-corrected chi connectivity index (χ1v) is 11.2. The second kappa shape index (κ2) is 8.67. The van der Waals surface area contributed by atoms with Gasteiger partial charge in [-0.2, -0.15) is 0 Å². The fraction of sp³-hybridized carbons (Fsp3) is 0.235. The number of nitrogens with one attached hydrogen (secondary N) is 2. The van der Waals surface area contributed by atoms with Crippen LogP contribution in [0.2, 0.25) is 0 Å². The lowest BCUT2D eigenvalue weighted by atomic mass is 10.2. The molecule has 11 heteroatoms. The molecule has 3 amide bonds. The normalized spacial score (nSPS) is 13.6. The lowest BCUT2D eigenvalue weighted by molar-refractivity contribution is -0.115. The van der Waals surface area contributed by atoms with Gasteiger partial charge in [0, 0.05) is 24.2 Å². The molecular formula is C17H16N6O2S3. The number of anilines is 2. The number of hydrogen-bond donors (Lipinski definition) is 2. The average Bonchev–Trinajstić information content (AvgIpc) is 3.42. The predicted molar refractivity (Wildman–Crippen MR) is 111 cm³/mol. The van der Waals surface area contributed by atoms with Crippen LogP contribution >= 0.6 is 34.4 Å². The molecular weight excluding hydrogens is 416 g/mol. The van der Waals surface area contributed by atoms with Crippen molar-refractivity contribution < 1.29 is 9.59 Å². The molecule has 1 saturated heterocycles. The van der Waals surface area contributed by atoms with Gasteiger partial charge in [0.2, 0.25) is 11.0 Å².